The molecule has 5 rings (SSSR count). The Morgan fingerprint density at radius 2 is 1.80 bits per heavy atom. The number of rotatable bonds is 4. The highest BCUT2D eigenvalue weighted by molar-refractivity contribution is 9.10. The molecule has 25 heavy (non-hydrogen) atoms. The Balaban J connectivity index is 1.36. The third-order valence-electron chi connectivity index (χ3n) is 5.89. The van der Waals surface area contributed by atoms with Crippen LogP contribution in [0.15, 0.2) is 24.3 Å². The smallest absolute Gasteiger partial charge is 0.312 e. The van der Waals surface area contributed by atoms with Gasteiger partial charge < -0.3 is 10.1 Å². The second-order valence-corrected chi connectivity index (χ2v) is 9.71. The van der Waals surface area contributed by atoms with Crippen molar-refractivity contribution in [2.75, 3.05) is 11.9 Å². The monoisotopic (exact) mass is 409 g/mol. The third kappa shape index (κ3) is 3.33. The van der Waals surface area contributed by atoms with Crippen molar-refractivity contribution in [3.63, 3.8) is 0 Å². The molecule has 6 heteroatoms. The molecule has 0 saturated heterocycles. The van der Waals surface area contributed by atoms with Crippen molar-refractivity contribution in [3.05, 3.63) is 30.1 Å². The van der Waals surface area contributed by atoms with E-state index in [-0.39, 0.29) is 22.7 Å². The molecule has 2 unspecified atom stereocenters. The lowest BCUT2D eigenvalue weighted by molar-refractivity contribution is -0.170. The summed E-state index contributed by atoms with van der Waals surface area (Å²) in [5, 5.41) is 2.61. The first kappa shape index (κ1) is 17.0. The summed E-state index contributed by atoms with van der Waals surface area (Å²) in [4.78, 5) is 24.8. The highest BCUT2D eigenvalue weighted by Crippen LogP contribution is 2.64. The van der Waals surface area contributed by atoms with E-state index in [4.69, 9.17) is 4.74 Å². The quantitative estimate of drug-likeness (QED) is 0.602. The van der Waals surface area contributed by atoms with Crippen LogP contribution in [0.3, 0.4) is 0 Å². The van der Waals surface area contributed by atoms with Crippen molar-refractivity contribution in [2.45, 2.75) is 42.8 Å². The number of carbonyl (C=O) groups is 2. The maximum Gasteiger partial charge on any atom is 0.312 e. The van der Waals surface area contributed by atoms with E-state index in [1.807, 2.05) is 0 Å². The standard InChI is InChI=1S/C19H21BrFNO3/c20-19-8-12-5-13(9-19)7-18(6-12,11-19)17(24)25-10-16(23)22-15-3-1-14(21)2-4-15/h1-4,12-13H,5-11H2,(H,22,23). The first-order valence-corrected chi connectivity index (χ1v) is 9.57. The molecule has 2 atom stereocenters. The summed E-state index contributed by atoms with van der Waals surface area (Å²) in [6, 6.07) is 5.49. The first-order chi connectivity index (χ1) is 11.9. The Morgan fingerprint density at radius 3 is 2.40 bits per heavy atom. The molecule has 4 saturated carbocycles. The van der Waals surface area contributed by atoms with Gasteiger partial charge in [0.2, 0.25) is 0 Å². The van der Waals surface area contributed by atoms with E-state index in [1.54, 1.807) is 0 Å². The van der Waals surface area contributed by atoms with Gasteiger partial charge in [0.25, 0.3) is 5.91 Å². The van der Waals surface area contributed by atoms with Crippen molar-refractivity contribution >= 4 is 33.5 Å². The number of carbonyl (C=O) groups excluding carboxylic acids is 2. The summed E-state index contributed by atoms with van der Waals surface area (Å²) < 4.78 is 18.3. The average molecular weight is 410 g/mol. The van der Waals surface area contributed by atoms with Crippen molar-refractivity contribution in [2.24, 2.45) is 17.3 Å². The molecule has 4 aliphatic rings. The molecule has 1 aromatic carbocycles. The van der Waals surface area contributed by atoms with Gasteiger partial charge in [0.15, 0.2) is 6.61 Å². The van der Waals surface area contributed by atoms with E-state index in [9.17, 15) is 14.0 Å². The van der Waals surface area contributed by atoms with Gasteiger partial charge in [-0.15, -0.1) is 0 Å². The molecule has 1 amide bonds. The van der Waals surface area contributed by atoms with E-state index >= 15 is 0 Å². The van der Waals surface area contributed by atoms with Crippen LogP contribution in [0.25, 0.3) is 0 Å². The molecule has 0 spiro atoms. The van der Waals surface area contributed by atoms with Gasteiger partial charge in [-0.05, 0) is 74.6 Å². The molecule has 0 aliphatic heterocycles. The lowest BCUT2D eigenvalue weighted by Gasteiger charge is -2.58. The van der Waals surface area contributed by atoms with Gasteiger partial charge in [-0.25, -0.2) is 4.39 Å². The van der Waals surface area contributed by atoms with E-state index in [1.165, 1.54) is 30.7 Å². The third-order valence-corrected chi connectivity index (χ3v) is 6.81. The lowest BCUT2D eigenvalue weighted by Crippen LogP contribution is -2.56. The predicted octanol–water partition coefficient (Wildman–Crippen LogP) is 4.04. The number of halogens is 2. The van der Waals surface area contributed by atoms with Crippen molar-refractivity contribution in [1.82, 2.24) is 0 Å². The number of ether oxygens (including phenoxy) is 1. The van der Waals surface area contributed by atoms with Crippen LogP contribution >= 0.6 is 15.9 Å². The van der Waals surface area contributed by atoms with Crippen LogP contribution in [0.2, 0.25) is 0 Å². The minimum Gasteiger partial charge on any atom is -0.455 e. The van der Waals surface area contributed by atoms with Crippen molar-refractivity contribution < 1.29 is 18.7 Å². The van der Waals surface area contributed by atoms with Gasteiger partial charge in [-0.1, -0.05) is 15.9 Å². The molecular formula is C19H21BrFNO3. The number of hydrogen-bond acceptors (Lipinski definition) is 3. The number of benzene rings is 1. The Morgan fingerprint density at radius 1 is 1.16 bits per heavy atom. The van der Waals surface area contributed by atoms with E-state index < -0.39 is 11.3 Å². The van der Waals surface area contributed by atoms with Crippen LogP contribution in [0.5, 0.6) is 0 Å². The second-order valence-electron chi connectivity index (χ2n) is 8.02. The van der Waals surface area contributed by atoms with E-state index in [0.29, 0.717) is 17.5 Å². The molecule has 0 heterocycles. The summed E-state index contributed by atoms with van der Waals surface area (Å²) in [5.74, 6) is 0.162. The number of nitrogens with one attached hydrogen (secondary N) is 1. The summed E-state index contributed by atoms with van der Waals surface area (Å²) in [7, 11) is 0. The zero-order chi connectivity index (χ0) is 17.7. The van der Waals surface area contributed by atoms with Crippen LogP contribution in [0.4, 0.5) is 10.1 Å². The van der Waals surface area contributed by atoms with Gasteiger partial charge in [0.05, 0.1) is 5.41 Å². The number of anilines is 1. The molecule has 0 radical (unpaired) electrons. The molecule has 4 bridgehead atoms. The summed E-state index contributed by atoms with van der Waals surface area (Å²) in [5.41, 5.74) is 0.0562. The highest BCUT2D eigenvalue weighted by atomic mass is 79.9. The van der Waals surface area contributed by atoms with E-state index in [2.05, 4.69) is 21.2 Å². The zero-order valence-electron chi connectivity index (χ0n) is 13.9. The average Bonchev–Trinajstić information content (AvgIpc) is 2.52. The molecule has 4 aliphatic carbocycles. The lowest BCUT2D eigenvalue weighted by atomic mass is 9.49. The van der Waals surface area contributed by atoms with Crippen molar-refractivity contribution in [1.29, 1.82) is 0 Å². The second kappa shape index (κ2) is 6.08. The largest absolute Gasteiger partial charge is 0.455 e. The number of alkyl halides is 1. The Labute approximate surface area is 154 Å². The highest BCUT2D eigenvalue weighted by Gasteiger charge is 2.60. The summed E-state index contributed by atoms with van der Waals surface area (Å²) >= 11 is 3.87. The minimum absolute atomic E-state index is 0.0759. The van der Waals surface area contributed by atoms with Gasteiger partial charge >= 0.3 is 5.97 Å². The summed E-state index contributed by atoms with van der Waals surface area (Å²) in [6.45, 7) is -0.303. The maximum absolute atomic E-state index is 12.9. The van der Waals surface area contributed by atoms with Crippen LogP contribution < -0.4 is 5.32 Å². The molecular weight excluding hydrogens is 389 g/mol. The Hall–Kier alpha value is -1.43. The van der Waals surface area contributed by atoms with Gasteiger partial charge in [-0.3, -0.25) is 9.59 Å². The SMILES string of the molecule is O=C(COC(=O)C12CC3CC(CC(Br)(C3)C1)C2)Nc1ccc(F)cc1. The number of amides is 1. The topological polar surface area (TPSA) is 55.4 Å². The van der Waals surface area contributed by atoms with Gasteiger partial charge in [0, 0.05) is 10.0 Å². The molecule has 134 valence electrons. The maximum atomic E-state index is 12.9. The predicted molar refractivity (Wildman–Crippen MR) is 94.8 cm³/mol. The minimum atomic E-state index is -0.427. The fraction of sp³-hybridized carbons (Fsp3) is 0.579. The molecule has 4 nitrogen and oxygen atoms in total. The van der Waals surface area contributed by atoms with Crippen LogP contribution in [0, 0.1) is 23.1 Å². The first-order valence-electron chi connectivity index (χ1n) is 8.77. The molecule has 4 fully saturated rings. The molecule has 1 N–H and O–H groups in total. The zero-order valence-corrected chi connectivity index (χ0v) is 15.5. The van der Waals surface area contributed by atoms with E-state index in [0.717, 1.165) is 32.1 Å². The number of esters is 1. The van der Waals surface area contributed by atoms with Gasteiger partial charge in [0.1, 0.15) is 5.82 Å². The van der Waals surface area contributed by atoms with Crippen LogP contribution in [-0.2, 0) is 14.3 Å². The molecule has 0 aromatic heterocycles. The molecule has 1 aromatic rings. The van der Waals surface area contributed by atoms with Crippen molar-refractivity contribution in [3.8, 4) is 0 Å². The Bertz CT molecular complexity index is 691. The van der Waals surface area contributed by atoms with Crippen LogP contribution in [-0.4, -0.2) is 22.8 Å². The number of hydrogen-bond donors (Lipinski definition) is 1. The van der Waals surface area contributed by atoms with Gasteiger partial charge in [-0.2, -0.15) is 0 Å². The fourth-order valence-electron chi connectivity index (χ4n) is 5.40. The normalized spacial score (nSPS) is 35.4. The fourth-order valence-corrected chi connectivity index (χ4v) is 6.86. The van der Waals surface area contributed by atoms with Crippen LogP contribution in [0.1, 0.15) is 38.5 Å². The Kier molecular flexibility index (Phi) is 4.13. The summed E-state index contributed by atoms with van der Waals surface area (Å²) in [6.07, 6.45) is 6.08.